The average molecular weight is 387 g/mol. The molecule has 1 aliphatic heterocycles. The summed E-state index contributed by atoms with van der Waals surface area (Å²) >= 11 is 0. The Kier molecular flexibility index (Phi) is 5.91. The topological polar surface area (TPSA) is 61.9 Å². The van der Waals surface area contributed by atoms with E-state index >= 15 is 0 Å². The van der Waals surface area contributed by atoms with Crippen LogP contribution in [0.25, 0.3) is 0 Å². The molecule has 1 aromatic rings. The van der Waals surface area contributed by atoms with E-state index in [1.54, 1.807) is 27.7 Å². The molecule has 0 spiro atoms. The number of alkyl carbamates (subject to hydrolysis) is 1. The highest BCUT2D eigenvalue weighted by molar-refractivity contribution is 5.92. The van der Waals surface area contributed by atoms with Crippen LogP contribution in [0.3, 0.4) is 0 Å². The third-order valence-corrected chi connectivity index (χ3v) is 3.93. The first kappa shape index (κ1) is 20.9. The van der Waals surface area contributed by atoms with Gasteiger partial charge in [0.2, 0.25) is 0 Å². The van der Waals surface area contributed by atoms with E-state index in [4.69, 9.17) is 4.74 Å². The number of ether oxygens (including phenoxy) is 1. The number of halogens is 3. The molecule has 0 unspecified atom stereocenters. The van der Waals surface area contributed by atoms with E-state index in [0.29, 0.717) is 25.3 Å². The maximum Gasteiger partial charge on any atom is 0.416 e. The second kappa shape index (κ2) is 7.66. The monoisotopic (exact) mass is 387 g/mol. The van der Waals surface area contributed by atoms with Crippen molar-refractivity contribution in [1.82, 2.24) is 10.2 Å². The highest BCUT2D eigenvalue weighted by Crippen LogP contribution is 2.31. The van der Waals surface area contributed by atoms with Crippen LogP contribution in [0.4, 0.5) is 28.4 Å². The number of anilines is 1. The van der Waals surface area contributed by atoms with Gasteiger partial charge in [0.15, 0.2) is 0 Å². The quantitative estimate of drug-likeness (QED) is 0.857. The van der Waals surface area contributed by atoms with Gasteiger partial charge < -0.3 is 15.0 Å². The van der Waals surface area contributed by atoms with Crippen LogP contribution >= 0.6 is 0 Å². The van der Waals surface area contributed by atoms with E-state index in [-0.39, 0.29) is 12.1 Å². The number of alkyl halides is 3. The molecule has 0 radical (unpaired) electrons. The van der Waals surface area contributed by atoms with Crippen LogP contribution < -0.4 is 10.2 Å². The lowest BCUT2D eigenvalue weighted by Crippen LogP contribution is -2.63. The Hall–Kier alpha value is -2.45. The molecule has 9 heteroatoms. The van der Waals surface area contributed by atoms with Crippen LogP contribution in [0.2, 0.25) is 0 Å². The number of urea groups is 1. The molecule has 150 valence electrons. The molecule has 0 saturated carbocycles. The molecular weight excluding hydrogens is 363 g/mol. The Labute approximate surface area is 156 Å². The number of rotatable bonds is 3. The molecule has 2 rings (SSSR count). The van der Waals surface area contributed by atoms with E-state index in [0.717, 1.165) is 12.1 Å². The predicted molar refractivity (Wildman–Crippen MR) is 94.6 cm³/mol. The molecule has 27 heavy (non-hydrogen) atoms. The highest BCUT2D eigenvalue weighted by Gasteiger charge is 2.35. The summed E-state index contributed by atoms with van der Waals surface area (Å²) in [7, 11) is 0. The zero-order valence-corrected chi connectivity index (χ0v) is 15.8. The number of nitrogens with one attached hydrogen (secondary N) is 1. The predicted octanol–water partition coefficient (Wildman–Crippen LogP) is 3.86. The van der Waals surface area contributed by atoms with Crippen LogP contribution in [0.15, 0.2) is 24.3 Å². The maximum atomic E-state index is 12.7. The van der Waals surface area contributed by atoms with Crippen molar-refractivity contribution in [3.63, 3.8) is 0 Å². The normalized spacial score (nSPS) is 15.1. The molecule has 1 N–H and O–H groups in total. The molecule has 0 atom stereocenters. The molecule has 1 heterocycles. The molecule has 6 nitrogen and oxygen atoms in total. The summed E-state index contributed by atoms with van der Waals surface area (Å²) in [5.41, 5.74) is -0.982. The van der Waals surface area contributed by atoms with Crippen molar-refractivity contribution in [2.75, 3.05) is 24.5 Å². The van der Waals surface area contributed by atoms with E-state index in [9.17, 15) is 22.8 Å². The molecule has 0 aliphatic carbocycles. The largest absolute Gasteiger partial charge is 0.444 e. The van der Waals surface area contributed by atoms with E-state index < -0.39 is 23.4 Å². The Bertz CT molecular complexity index is 678. The molecule has 1 fully saturated rings. The molecule has 0 bridgehead atoms. The van der Waals surface area contributed by atoms with Gasteiger partial charge in [0, 0.05) is 25.3 Å². The fourth-order valence-corrected chi connectivity index (χ4v) is 2.63. The third-order valence-electron chi connectivity index (χ3n) is 3.93. The standard InChI is InChI=1S/C18H24F3N3O3/c1-5-24(14-8-6-12(7-9-14)18(19,20)21)16(26)23-10-13(11-23)22-15(25)27-17(2,3)4/h6-9,13H,5,10-11H2,1-4H3,(H,22,25). The summed E-state index contributed by atoms with van der Waals surface area (Å²) < 4.78 is 43.2. The third kappa shape index (κ3) is 5.51. The van der Waals surface area contributed by atoms with Gasteiger partial charge in [-0.15, -0.1) is 0 Å². The first-order chi connectivity index (χ1) is 12.4. The SMILES string of the molecule is CCN(C(=O)N1CC(NC(=O)OC(C)(C)C)C1)c1ccc(C(F)(F)F)cc1. The fourth-order valence-electron chi connectivity index (χ4n) is 2.63. The van der Waals surface area contributed by atoms with Gasteiger partial charge in [-0.3, -0.25) is 4.90 Å². The minimum atomic E-state index is -4.42. The number of nitrogens with zero attached hydrogens (tertiary/aromatic N) is 2. The zero-order chi connectivity index (χ0) is 20.4. The number of hydrogen-bond donors (Lipinski definition) is 1. The minimum Gasteiger partial charge on any atom is -0.444 e. The van der Waals surface area contributed by atoms with Crippen LogP contribution in [0.5, 0.6) is 0 Å². The van der Waals surface area contributed by atoms with Gasteiger partial charge in [0.1, 0.15) is 5.60 Å². The minimum absolute atomic E-state index is 0.213. The average Bonchev–Trinajstić information content (AvgIpc) is 2.49. The van der Waals surface area contributed by atoms with Gasteiger partial charge in [-0.05, 0) is 52.0 Å². The number of hydrogen-bond acceptors (Lipinski definition) is 3. The van der Waals surface area contributed by atoms with Gasteiger partial charge >= 0.3 is 18.3 Å². The number of carbonyl (C=O) groups is 2. The van der Waals surface area contributed by atoms with Gasteiger partial charge in [0.25, 0.3) is 0 Å². The van der Waals surface area contributed by atoms with Crippen LogP contribution in [0.1, 0.15) is 33.3 Å². The number of carbonyl (C=O) groups excluding carboxylic acids is 2. The summed E-state index contributed by atoms with van der Waals surface area (Å²) in [6, 6.07) is 3.93. The summed E-state index contributed by atoms with van der Waals surface area (Å²) in [6.07, 6.45) is -4.97. The van der Waals surface area contributed by atoms with Crippen molar-refractivity contribution in [2.45, 2.75) is 45.5 Å². The zero-order valence-electron chi connectivity index (χ0n) is 15.8. The van der Waals surface area contributed by atoms with E-state index in [1.165, 1.54) is 21.9 Å². The van der Waals surface area contributed by atoms with Crippen molar-refractivity contribution < 1.29 is 27.5 Å². The summed E-state index contributed by atoms with van der Waals surface area (Å²) in [6.45, 7) is 7.95. The molecule has 1 aromatic carbocycles. The second-order valence-corrected chi connectivity index (χ2v) is 7.32. The number of benzene rings is 1. The highest BCUT2D eigenvalue weighted by atomic mass is 19.4. The van der Waals surface area contributed by atoms with Crippen molar-refractivity contribution in [2.24, 2.45) is 0 Å². The van der Waals surface area contributed by atoms with Gasteiger partial charge in [0.05, 0.1) is 11.6 Å². The van der Waals surface area contributed by atoms with Crippen molar-refractivity contribution in [3.05, 3.63) is 29.8 Å². The lowest BCUT2D eigenvalue weighted by Gasteiger charge is -2.42. The van der Waals surface area contributed by atoms with E-state index in [1.807, 2.05) is 0 Å². The lowest BCUT2D eigenvalue weighted by molar-refractivity contribution is -0.137. The van der Waals surface area contributed by atoms with Gasteiger partial charge in [-0.1, -0.05) is 0 Å². The summed E-state index contributed by atoms with van der Waals surface area (Å²) in [5, 5.41) is 2.68. The first-order valence-corrected chi connectivity index (χ1v) is 8.64. The first-order valence-electron chi connectivity index (χ1n) is 8.64. The Morgan fingerprint density at radius 2 is 1.74 bits per heavy atom. The Morgan fingerprint density at radius 1 is 1.19 bits per heavy atom. The molecule has 3 amide bonds. The second-order valence-electron chi connectivity index (χ2n) is 7.32. The van der Waals surface area contributed by atoms with Crippen LogP contribution in [-0.2, 0) is 10.9 Å². The number of likely N-dealkylation sites (tertiary alicyclic amines) is 1. The molecule has 1 aliphatic rings. The van der Waals surface area contributed by atoms with Gasteiger partial charge in [-0.2, -0.15) is 13.2 Å². The van der Waals surface area contributed by atoms with Crippen molar-refractivity contribution in [1.29, 1.82) is 0 Å². The summed E-state index contributed by atoms with van der Waals surface area (Å²) in [4.78, 5) is 27.2. The lowest BCUT2D eigenvalue weighted by atomic mass is 10.1. The number of amides is 3. The van der Waals surface area contributed by atoms with Crippen molar-refractivity contribution in [3.8, 4) is 0 Å². The van der Waals surface area contributed by atoms with Crippen LogP contribution in [0, 0.1) is 0 Å². The Balaban J connectivity index is 1.92. The van der Waals surface area contributed by atoms with Crippen molar-refractivity contribution >= 4 is 17.8 Å². The Morgan fingerprint density at radius 3 is 2.19 bits per heavy atom. The molecular formula is C18H24F3N3O3. The smallest absolute Gasteiger partial charge is 0.416 e. The maximum absolute atomic E-state index is 12.7. The van der Waals surface area contributed by atoms with Crippen LogP contribution in [-0.4, -0.2) is 48.3 Å². The van der Waals surface area contributed by atoms with E-state index in [2.05, 4.69) is 5.32 Å². The molecule has 0 aromatic heterocycles. The molecule has 1 saturated heterocycles. The van der Waals surface area contributed by atoms with Gasteiger partial charge in [-0.25, -0.2) is 9.59 Å². The fraction of sp³-hybridized carbons (Fsp3) is 0.556. The summed E-state index contributed by atoms with van der Waals surface area (Å²) in [5.74, 6) is 0.